The first-order valence-corrected chi connectivity index (χ1v) is 12.9. The first-order chi connectivity index (χ1) is 15.1. The Morgan fingerprint density at radius 1 is 1.38 bits per heavy atom. The third-order valence-corrected chi connectivity index (χ3v) is 6.63. The summed E-state index contributed by atoms with van der Waals surface area (Å²) in [6.45, 7) is 18.3. The minimum absolute atomic E-state index is 0.110. The maximum atomic E-state index is 12.5. The van der Waals surface area contributed by atoms with E-state index in [1.807, 2.05) is 20.8 Å². The van der Waals surface area contributed by atoms with E-state index in [2.05, 4.69) is 47.4 Å². The molecule has 0 amide bonds. The highest BCUT2D eigenvalue weighted by molar-refractivity contribution is 7.95. The Morgan fingerprint density at radius 2 is 2.00 bits per heavy atom. The lowest BCUT2D eigenvalue weighted by Crippen LogP contribution is -2.44. The van der Waals surface area contributed by atoms with Crippen molar-refractivity contribution < 1.29 is 8.42 Å². The van der Waals surface area contributed by atoms with Crippen LogP contribution in [0.3, 0.4) is 0 Å². The van der Waals surface area contributed by atoms with Crippen LogP contribution in [0.5, 0.6) is 0 Å². The molecule has 0 aromatic heterocycles. The zero-order valence-corrected chi connectivity index (χ0v) is 22.3. The molecule has 0 fully saturated rings. The zero-order chi connectivity index (χ0) is 24.9. The van der Waals surface area contributed by atoms with Crippen LogP contribution in [0, 0.1) is 0 Å². The smallest absolute Gasteiger partial charge is 0.181 e. The standard InChI is InChI=1S/C16H25N5O2S.C5H9Cl.C2H6/c1-6-9-24(22,23)13(3)16-19-12(2)14-10-20(5)8-7-15(14)21(16)18-11-17-4;1-3-4-5(2)6;1-2/h6,11H,1,7-10H2,2-5H3,(H,17,18);2-4H2,1H3;1-2H3/b16-13+;;. The number of allylic oxidation sites excluding steroid dienone is 2. The van der Waals surface area contributed by atoms with Gasteiger partial charge in [0.1, 0.15) is 6.34 Å². The summed E-state index contributed by atoms with van der Waals surface area (Å²) >= 11 is 5.38. The normalized spacial score (nSPS) is 18.0. The maximum absolute atomic E-state index is 12.5. The molecule has 0 bridgehead atoms. The topological polar surface area (TPSA) is 77.4 Å². The van der Waals surface area contributed by atoms with Crippen LogP contribution in [0.1, 0.15) is 53.9 Å². The number of nitrogens with zero attached hydrogens (tertiary/aromatic N) is 4. The molecule has 7 nitrogen and oxygen atoms in total. The number of hydrogen-bond acceptors (Lipinski definition) is 6. The molecule has 0 saturated heterocycles. The number of sulfone groups is 1. The molecule has 182 valence electrons. The van der Waals surface area contributed by atoms with Gasteiger partial charge in [0.15, 0.2) is 15.7 Å². The van der Waals surface area contributed by atoms with Gasteiger partial charge in [0.25, 0.3) is 0 Å². The summed E-state index contributed by atoms with van der Waals surface area (Å²) in [4.78, 5) is 11.0. The molecule has 2 rings (SSSR count). The van der Waals surface area contributed by atoms with Gasteiger partial charge in [-0.2, -0.15) is 0 Å². The molecule has 2 heterocycles. The van der Waals surface area contributed by atoms with Gasteiger partial charge < -0.3 is 4.90 Å². The maximum Gasteiger partial charge on any atom is 0.181 e. The lowest BCUT2D eigenvalue weighted by Gasteiger charge is -2.38. The second-order valence-corrected chi connectivity index (χ2v) is 9.89. The van der Waals surface area contributed by atoms with Crippen LogP contribution in [-0.2, 0) is 9.84 Å². The van der Waals surface area contributed by atoms with Crippen molar-refractivity contribution in [2.45, 2.75) is 53.9 Å². The monoisotopic (exact) mass is 485 g/mol. The summed E-state index contributed by atoms with van der Waals surface area (Å²) in [5.41, 5.74) is 6.08. The first kappa shape index (κ1) is 30.1. The van der Waals surface area contributed by atoms with E-state index in [0.717, 1.165) is 54.4 Å². The highest BCUT2D eigenvalue weighted by Crippen LogP contribution is 2.31. The Kier molecular flexibility index (Phi) is 14.1. The second-order valence-electron chi connectivity index (χ2n) is 7.18. The predicted molar refractivity (Wildman–Crippen MR) is 140 cm³/mol. The van der Waals surface area contributed by atoms with Crippen molar-refractivity contribution in [1.82, 2.24) is 15.3 Å². The average Bonchev–Trinajstić information content (AvgIpc) is 2.74. The van der Waals surface area contributed by atoms with Crippen LogP contribution in [0.15, 0.2) is 56.2 Å². The van der Waals surface area contributed by atoms with Crippen molar-refractivity contribution in [3.63, 3.8) is 0 Å². The molecule has 1 N–H and O–H groups in total. The number of aliphatic imine (C=N–C) groups is 2. The van der Waals surface area contributed by atoms with Gasteiger partial charge in [-0.3, -0.25) is 10.4 Å². The Labute approximate surface area is 200 Å². The second kappa shape index (κ2) is 15.0. The van der Waals surface area contributed by atoms with Crippen molar-refractivity contribution in [3.8, 4) is 0 Å². The van der Waals surface area contributed by atoms with Gasteiger partial charge in [-0.15, -0.1) is 6.58 Å². The number of nitrogens with one attached hydrogen (secondary N) is 1. The lowest BCUT2D eigenvalue weighted by atomic mass is 10.0. The van der Waals surface area contributed by atoms with Gasteiger partial charge in [-0.1, -0.05) is 51.4 Å². The van der Waals surface area contributed by atoms with Crippen LogP contribution < -0.4 is 5.43 Å². The highest BCUT2D eigenvalue weighted by Gasteiger charge is 2.31. The highest BCUT2D eigenvalue weighted by atomic mass is 35.5. The summed E-state index contributed by atoms with van der Waals surface area (Å²) in [6, 6.07) is 0. The van der Waals surface area contributed by atoms with Gasteiger partial charge in [0, 0.05) is 48.6 Å². The van der Waals surface area contributed by atoms with Crippen molar-refractivity contribution in [2.24, 2.45) is 9.98 Å². The summed E-state index contributed by atoms with van der Waals surface area (Å²) in [7, 11) is 0.271. The molecule has 0 spiro atoms. The summed E-state index contributed by atoms with van der Waals surface area (Å²) in [6.07, 6.45) is 5.78. The largest absolute Gasteiger partial charge is 0.302 e. The number of hydrogen-bond donors (Lipinski definition) is 1. The fourth-order valence-corrected chi connectivity index (χ4v) is 4.21. The molecular weight excluding hydrogens is 446 g/mol. The Hall–Kier alpha value is -1.90. The first-order valence-electron chi connectivity index (χ1n) is 10.9. The quantitative estimate of drug-likeness (QED) is 0.316. The number of rotatable bonds is 7. The van der Waals surface area contributed by atoms with Gasteiger partial charge in [0.05, 0.1) is 10.7 Å². The number of hydrazine groups is 1. The van der Waals surface area contributed by atoms with Crippen LogP contribution in [-0.4, -0.2) is 63.3 Å². The number of halogens is 1. The molecule has 32 heavy (non-hydrogen) atoms. The van der Waals surface area contributed by atoms with E-state index in [4.69, 9.17) is 11.6 Å². The molecule has 0 aliphatic carbocycles. The summed E-state index contributed by atoms with van der Waals surface area (Å²) in [5.74, 6) is 0.291. The van der Waals surface area contributed by atoms with Crippen molar-refractivity contribution in [3.05, 3.63) is 46.3 Å². The summed E-state index contributed by atoms with van der Waals surface area (Å²) < 4.78 is 24.9. The lowest BCUT2D eigenvalue weighted by molar-refractivity contribution is 0.287. The molecule has 9 heteroatoms. The van der Waals surface area contributed by atoms with Gasteiger partial charge in [-0.25, -0.2) is 18.4 Å². The fraction of sp³-hybridized carbons (Fsp3) is 0.565. The Bertz CT molecular complexity index is 873. The van der Waals surface area contributed by atoms with E-state index in [1.165, 1.54) is 12.4 Å². The summed E-state index contributed by atoms with van der Waals surface area (Å²) in [5, 5.41) is 2.51. The average molecular weight is 486 g/mol. The molecule has 0 aromatic rings. The van der Waals surface area contributed by atoms with Crippen molar-refractivity contribution in [1.29, 1.82) is 0 Å². The zero-order valence-electron chi connectivity index (χ0n) is 20.7. The van der Waals surface area contributed by atoms with E-state index in [9.17, 15) is 8.42 Å². The minimum Gasteiger partial charge on any atom is -0.302 e. The Morgan fingerprint density at radius 3 is 2.47 bits per heavy atom. The molecule has 2 aliphatic rings. The predicted octanol–water partition coefficient (Wildman–Crippen LogP) is 4.87. The SMILES string of the molecule is C=C(Cl)CCC.C=CCS(=O)(=O)/C(C)=C1\N=C(C)C2=C(CCN(C)C2)N1NC=NC.CC. The van der Waals surface area contributed by atoms with Crippen LogP contribution >= 0.6 is 11.6 Å². The van der Waals surface area contributed by atoms with Gasteiger partial charge in [-0.05, 0) is 27.3 Å². The van der Waals surface area contributed by atoms with E-state index >= 15 is 0 Å². The third kappa shape index (κ3) is 8.92. The molecule has 0 aromatic carbocycles. The van der Waals surface area contributed by atoms with Gasteiger partial charge in [0.2, 0.25) is 0 Å². The molecular formula is C23H40ClN5O2S. The molecule has 0 saturated carbocycles. The van der Waals surface area contributed by atoms with Gasteiger partial charge >= 0.3 is 0 Å². The van der Waals surface area contributed by atoms with E-state index < -0.39 is 9.84 Å². The van der Waals surface area contributed by atoms with Crippen molar-refractivity contribution >= 4 is 33.5 Å². The molecule has 0 unspecified atom stereocenters. The van der Waals surface area contributed by atoms with Crippen LogP contribution in [0.4, 0.5) is 0 Å². The third-order valence-electron chi connectivity index (χ3n) is 4.65. The van der Waals surface area contributed by atoms with Crippen LogP contribution in [0.25, 0.3) is 0 Å². The van der Waals surface area contributed by atoms with E-state index in [-0.39, 0.29) is 10.7 Å². The molecule has 0 radical (unpaired) electrons. The molecule has 2 aliphatic heterocycles. The minimum atomic E-state index is -3.44. The van der Waals surface area contributed by atoms with E-state index in [1.54, 1.807) is 19.0 Å². The van der Waals surface area contributed by atoms with E-state index in [0.29, 0.717) is 5.82 Å². The fourth-order valence-electron chi connectivity index (χ4n) is 3.04. The van der Waals surface area contributed by atoms with Crippen molar-refractivity contribution in [2.75, 3.05) is 32.9 Å². The molecule has 0 atom stereocenters. The van der Waals surface area contributed by atoms with Crippen LogP contribution in [0.2, 0.25) is 0 Å². The Balaban J connectivity index is 0.00000104. The number of likely N-dealkylation sites (N-methyl/N-ethyl adjacent to an activating group) is 1.